The van der Waals surface area contributed by atoms with Crippen LogP contribution in [-0.4, -0.2) is 11.1 Å². The maximum atomic E-state index is 10.7. The van der Waals surface area contributed by atoms with Crippen molar-refractivity contribution in [2.24, 2.45) is 0 Å². The van der Waals surface area contributed by atoms with Gasteiger partial charge in [0.15, 0.2) is 0 Å². The van der Waals surface area contributed by atoms with Crippen LogP contribution in [0.5, 0.6) is 11.5 Å². The van der Waals surface area contributed by atoms with E-state index in [0.29, 0.717) is 17.7 Å². The van der Waals surface area contributed by atoms with Crippen molar-refractivity contribution < 1.29 is 14.6 Å². The monoisotopic (exact) mass is 180 g/mol. The Kier molecular flexibility index (Phi) is 2.90. The molecule has 1 aromatic carbocycles. The number of phenols is 1. The van der Waals surface area contributed by atoms with Crippen LogP contribution in [0.1, 0.15) is 19.4 Å². The van der Waals surface area contributed by atoms with E-state index >= 15 is 0 Å². The molecular weight excluding hydrogens is 168 g/mol. The third kappa shape index (κ3) is 2.21. The van der Waals surface area contributed by atoms with Crippen molar-refractivity contribution in [1.82, 2.24) is 0 Å². The van der Waals surface area contributed by atoms with E-state index < -0.39 is 0 Å². The molecule has 0 aliphatic heterocycles. The number of aromatic hydroxyl groups is 1. The van der Waals surface area contributed by atoms with Crippen molar-refractivity contribution in [3.63, 3.8) is 0 Å². The number of carbonyl (C=O) groups is 1. The summed E-state index contributed by atoms with van der Waals surface area (Å²) in [6.07, 6.45) is 0.634. The third-order valence-corrected chi connectivity index (χ3v) is 1.72. The Balaban J connectivity index is 3.05. The molecule has 70 valence electrons. The molecular formula is C10H12O3. The molecule has 0 heterocycles. The molecule has 0 atom stereocenters. The van der Waals surface area contributed by atoms with E-state index in [1.807, 2.05) is 6.92 Å². The lowest BCUT2D eigenvalue weighted by Gasteiger charge is -2.07. The smallest absolute Gasteiger partial charge is 0.308 e. The molecule has 3 heteroatoms. The Hall–Kier alpha value is -1.51. The lowest BCUT2D eigenvalue weighted by molar-refractivity contribution is -0.131. The van der Waals surface area contributed by atoms with Crippen molar-refractivity contribution in [3.05, 3.63) is 23.8 Å². The van der Waals surface area contributed by atoms with Crippen LogP contribution in [0.2, 0.25) is 0 Å². The second-order valence-corrected chi connectivity index (χ2v) is 2.70. The predicted octanol–water partition coefficient (Wildman–Crippen LogP) is 1.88. The Morgan fingerprint density at radius 1 is 1.54 bits per heavy atom. The predicted molar refractivity (Wildman–Crippen MR) is 48.8 cm³/mol. The number of ether oxygens (including phenoxy) is 1. The van der Waals surface area contributed by atoms with E-state index in [-0.39, 0.29) is 11.7 Å². The Morgan fingerprint density at radius 2 is 2.23 bits per heavy atom. The maximum absolute atomic E-state index is 10.7. The van der Waals surface area contributed by atoms with Gasteiger partial charge >= 0.3 is 5.97 Å². The third-order valence-electron chi connectivity index (χ3n) is 1.72. The molecule has 0 unspecified atom stereocenters. The fraction of sp³-hybridized carbons (Fsp3) is 0.300. The normalized spacial score (nSPS) is 9.69. The average Bonchev–Trinajstić information content (AvgIpc) is 2.03. The molecule has 1 rings (SSSR count). The second-order valence-electron chi connectivity index (χ2n) is 2.70. The summed E-state index contributed by atoms with van der Waals surface area (Å²) in [6, 6.07) is 4.89. The Morgan fingerprint density at radius 3 is 2.77 bits per heavy atom. The minimum Gasteiger partial charge on any atom is -0.508 e. The molecule has 1 aromatic rings. The molecule has 0 aromatic heterocycles. The highest BCUT2D eigenvalue weighted by atomic mass is 16.5. The van der Waals surface area contributed by atoms with E-state index in [1.165, 1.54) is 6.92 Å². The van der Waals surface area contributed by atoms with Crippen LogP contribution < -0.4 is 4.74 Å². The number of benzene rings is 1. The van der Waals surface area contributed by atoms with Gasteiger partial charge in [0, 0.05) is 12.5 Å². The SMILES string of the molecule is CCc1c(O)cccc1OC(C)=O. The first kappa shape index (κ1) is 9.58. The van der Waals surface area contributed by atoms with Gasteiger partial charge in [0.05, 0.1) is 0 Å². The number of hydrogen-bond donors (Lipinski definition) is 1. The van der Waals surface area contributed by atoms with E-state index in [4.69, 9.17) is 4.74 Å². The average molecular weight is 180 g/mol. The lowest BCUT2D eigenvalue weighted by Crippen LogP contribution is -2.03. The highest BCUT2D eigenvalue weighted by Gasteiger charge is 2.07. The molecule has 0 bridgehead atoms. The first-order chi connectivity index (χ1) is 6.15. The van der Waals surface area contributed by atoms with Gasteiger partial charge in [-0.15, -0.1) is 0 Å². The minimum atomic E-state index is -0.375. The fourth-order valence-electron chi connectivity index (χ4n) is 1.16. The van der Waals surface area contributed by atoms with Crippen LogP contribution in [0.25, 0.3) is 0 Å². The van der Waals surface area contributed by atoms with Gasteiger partial charge < -0.3 is 9.84 Å². The summed E-state index contributed by atoms with van der Waals surface area (Å²) >= 11 is 0. The summed E-state index contributed by atoms with van der Waals surface area (Å²) in [5, 5.41) is 9.41. The largest absolute Gasteiger partial charge is 0.508 e. The highest BCUT2D eigenvalue weighted by molar-refractivity contribution is 5.70. The molecule has 3 nitrogen and oxygen atoms in total. The molecule has 0 spiro atoms. The van der Waals surface area contributed by atoms with Gasteiger partial charge in [0.2, 0.25) is 0 Å². The Bertz CT molecular complexity index is 318. The van der Waals surface area contributed by atoms with Crippen molar-refractivity contribution >= 4 is 5.97 Å². The van der Waals surface area contributed by atoms with Crippen LogP contribution in [0.3, 0.4) is 0 Å². The van der Waals surface area contributed by atoms with E-state index in [0.717, 1.165) is 0 Å². The lowest BCUT2D eigenvalue weighted by atomic mass is 10.1. The standard InChI is InChI=1S/C10H12O3/c1-3-8-9(12)5-4-6-10(8)13-7(2)11/h4-6,12H,3H2,1-2H3. The van der Waals surface area contributed by atoms with Crippen LogP contribution in [0.15, 0.2) is 18.2 Å². The first-order valence-corrected chi connectivity index (χ1v) is 4.14. The zero-order chi connectivity index (χ0) is 9.84. The number of phenolic OH excluding ortho intramolecular Hbond substituents is 1. The molecule has 0 saturated heterocycles. The number of carbonyl (C=O) groups excluding carboxylic acids is 1. The number of hydrogen-bond acceptors (Lipinski definition) is 3. The summed E-state index contributed by atoms with van der Waals surface area (Å²) in [5.41, 5.74) is 0.665. The van der Waals surface area contributed by atoms with Gasteiger partial charge in [-0.3, -0.25) is 4.79 Å². The van der Waals surface area contributed by atoms with Crippen molar-refractivity contribution in [3.8, 4) is 11.5 Å². The van der Waals surface area contributed by atoms with Gasteiger partial charge in [0.25, 0.3) is 0 Å². The topological polar surface area (TPSA) is 46.5 Å². The summed E-state index contributed by atoms with van der Waals surface area (Å²) in [6.45, 7) is 3.23. The van der Waals surface area contributed by atoms with Gasteiger partial charge in [-0.05, 0) is 18.6 Å². The highest BCUT2D eigenvalue weighted by Crippen LogP contribution is 2.27. The van der Waals surface area contributed by atoms with Crippen LogP contribution in [-0.2, 0) is 11.2 Å². The van der Waals surface area contributed by atoms with Crippen molar-refractivity contribution in [2.75, 3.05) is 0 Å². The molecule has 0 aliphatic carbocycles. The first-order valence-electron chi connectivity index (χ1n) is 4.14. The van der Waals surface area contributed by atoms with Gasteiger partial charge in [-0.1, -0.05) is 13.0 Å². The van der Waals surface area contributed by atoms with E-state index in [9.17, 15) is 9.90 Å². The van der Waals surface area contributed by atoms with Gasteiger partial charge in [0.1, 0.15) is 11.5 Å². The molecule has 0 saturated carbocycles. The zero-order valence-corrected chi connectivity index (χ0v) is 7.70. The quantitative estimate of drug-likeness (QED) is 0.558. The minimum absolute atomic E-state index is 0.168. The van der Waals surface area contributed by atoms with Crippen LogP contribution >= 0.6 is 0 Å². The summed E-state index contributed by atoms with van der Waals surface area (Å²) < 4.78 is 4.92. The molecule has 1 N–H and O–H groups in total. The van der Waals surface area contributed by atoms with Crippen molar-refractivity contribution in [1.29, 1.82) is 0 Å². The second kappa shape index (κ2) is 3.94. The molecule has 0 radical (unpaired) electrons. The molecule has 0 fully saturated rings. The maximum Gasteiger partial charge on any atom is 0.308 e. The summed E-state index contributed by atoms with van der Waals surface area (Å²) in [7, 11) is 0. The number of esters is 1. The zero-order valence-electron chi connectivity index (χ0n) is 7.70. The molecule has 13 heavy (non-hydrogen) atoms. The van der Waals surface area contributed by atoms with Crippen molar-refractivity contribution in [2.45, 2.75) is 20.3 Å². The summed E-state index contributed by atoms with van der Waals surface area (Å²) in [4.78, 5) is 10.7. The summed E-state index contributed by atoms with van der Waals surface area (Å²) in [5.74, 6) is 0.233. The molecule has 0 aliphatic rings. The molecule has 0 amide bonds. The Labute approximate surface area is 77.0 Å². The van der Waals surface area contributed by atoms with E-state index in [1.54, 1.807) is 18.2 Å². The van der Waals surface area contributed by atoms with Crippen LogP contribution in [0.4, 0.5) is 0 Å². The number of rotatable bonds is 2. The fourth-order valence-corrected chi connectivity index (χ4v) is 1.16. The van der Waals surface area contributed by atoms with E-state index in [2.05, 4.69) is 0 Å². The van der Waals surface area contributed by atoms with Gasteiger partial charge in [-0.2, -0.15) is 0 Å². The van der Waals surface area contributed by atoms with Gasteiger partial charge in [-0.25, -0.2) is 0 Å². The van der Waals surface area contributed by atoms with Crippen LogP contribution in [0, 0.1) is 0 Å².